The van der Waals surface area contributed by atoms with Crippen molar-refractivity contribution in [2.45, 2.75) is 12.6 Å². The van der Waals surface area contributed by atoms with Crippen molar-refractivity contribution in [3.05, 3.63) is 23.9 Å². The van der Waals surface area contributed by atoms with Gasteiger partial charge in [-0.3, -0.25) is 0 Å². The Labute approximate surface area is 102 Å². The molecule has 0 saturated carbocycles. The Balaban J connectivity index is 2.70. The number of nitrogens with zero attached hydrogens (tertiary/aromatic N) is 2. The van der Waals surface area contributed by atoms with E-state index in [1.807, 2.05) is 0 Å². The van der Waals surface area contributed by atoms with Gasteiger partial charge >= 0.3 is 6.18 Å². The van der Waals surface area contributed by atoms with Crippen molar-refractivity contribution in [3.8, 4) is 0 Å². The van der Waals surface area contributed by atoms with Crippen molar-refractivity contribution in [3.63, 3.8) is 0 Å². The summed E-state index contributed by atoms with van der Waals surface area (Å²) >= 11 is 4.72. The standard InChI is InChI=1S/C10H12F3N3S/c1-16(5-4-8(14)17)9-3-2-7(6-15-9)10(11,12)13/h2-3,6H,4-5H2,1H3,(H2,14,17). The van der Waals surface area contributed by atoms with Crippen molar-refractivity contribution < 1.29 is 13.2 Å². The Morgan fingerprint density at radius 1 is 1.47 bits per heavy atom. The first-order valence-corrected chi connectivity index (χ1v) is 5.24. The third-order valence-electron chi connectivity index (χ3n) is 2.16. The van der Waals surface area contributed by atoms with Gasteiger partial charge in [0, 0.05) is 26.2 Å². The van der Waals surface area contributed by atoms with Crippen LogP contribution in [0.15, 0.2) is 18.3 Å². The number of aromatic nitrogens is 1. The summed E-state index contributed by atoms with van der Waals surface area (Å²) in [7, 11) is 1.72. The van der Waals surface area contributed by atoms with Crippen LogP contribution < -0.4 is 10.6 Å². The number of nitrogens with two attached hydrogens (primary N) is 1. The third kappa shape index (κ3) is 4.18. The molecule has 0 aliphatic carbocycles. The first kappa shape index (κ1) is 13.7. The summed E-state index contributed by atoms with van der Waals surface area (Å²) in [6, 6.07) is 2.32. The minimum Gasteiger partial charge on any atom is -0.393 e. The first-order chi connectivity index (χ1) is 7.80. The highest BCUT2D eigenvalue weighted by molar-refractivity contribution is 7.80. The molecule has 0 saturated heterocycles. The van der Waals surface area contributed by atoms with Gasteiger partial charge in [0.05, 0.1) is 10.6 Å². The van der Waals surface area contributed by atoms with E-state index in [2.05, 4.69) is 4.98 Å². The van der Waals surface area contributed by atoms with Crippen LogP contribution in [-0.4, -0.2) is 23.6 Å². The maximum Gasteiger partial charge on any atom is 0.417 e. The van der Waals surface area contributed by atoms with E-state index in [0.717, 1.165) is 12.3 Å². The average molecular weight is 263 g/mol. The number of thiocarbonyl (C=S) groups is 1. The second kappa shape index (κ2) is 5.31. The van der Waals surface area contributed by atoms with Crippen molar-refractivity contribution >= 4 is 23.0 Å². The molecule has 1 aromatic heterocycles. The Morgan fingerprint density at radius 2 is 2.12 bits per heavy atom. The van der Waals surface area contributed by atoms with Gasteiger partial charge in [0.15, 0.2) is 0 Å². The summed E-state index contributed by atoms with van der Waals surface area (Å²) in [5.41, 5.74) is 4.58. The molecule has 0 radical (unpaired) electrons. The van der Waals surface area contributed by atoms with Crippen LogP contribution in [-0.2, 0) is 6.18 Å². The predicted molar refractivity (Wildman–Crippen MR) is 63.9 cm³/mol. The number of halogens is 3. The highest BCUT2D eigenvalue weighted by Gasteiger charge is 2.30. The van der Waals surface area contributed by atoms with E-state index in [1.165, 1.54) is 6.07 Å². The van der Waals surface area contributed by atoms with Gasteiger partial charge in [-0.2, -0.15) is 13.2 Å². The van der Waals surface area contributed by atoms with Crippen molar-refractivity contribution in [1.29, 1.82) is 0 Å². The number of rotatable bonds is 4. The van der Waals surface area contributed by atoms with E-state index in [-0.39, 0.29) is 0 Å². The lowest BCUT2D eigenvalue weighted by molar-refractivity contribution is -0.137. The van der Waals surface area contributed by atoms with Crippen LogP contribution >= 0.6 is 12.2 Å². The zero-order valence-electron chi connectivity index (χ0n) is 9.16. The second-order valence-electron chi connectivity index (χ2n) is 3.54. The van der Waals surface area contributed by atoms with E-state index in [0.29, 0.717) is 23.8 Å². The lowest BCUT2D eigenvalue weighted by Gasteiger charge is -2.18. The molecule has 3 nitrogen and oxygen atoms in total. The van der Waals surface area contributed by atoms with Crippen LogP contribution in [0.5, 0.6) is 0 Å². The first-order valence-electron chi connectivity index (χ1n) is 4.83. The highest BCUT2D eigenvalue weighted by Crippen LogP contribution is 2.29. The van der Waals surface area contributed by atoms with Crippen LogP contribution in [0.4, 0.5) is 19.0 Å². The minimum atomic E-state index is -4.36. The minimum absolute atomic E-state index is 0.365. The fourth-order valence-electron chi connectivity index (χ4n) is 1.17. The monoisotopic (exact) mass is 263 g/mol. The highest BCUT2D eigenvalue weighted by atomic mass is 32.1. The molecule has 1 aromatic rings. The largest absolute Gasteiger partial charge is 0.417 e. The van der Waals surface area contributed by atoms with Gasteiger partial charge in [-0.15, -0.1) is 0 Å². The van der Waals surface area contributed by atoms with E-state index in [9.17, 15) is 13.2 Å². The van der Waals surface area contributed by atoms with Gasteiger partial charge < -0.3 is 10.6 Å². The van der Waals surface area contributed by atoms with Crippen LogP contribution in [0.25, 0.3) is 0 Å². The van der Waals surface area contributed by atoms with E-state index < -0.39 is 11.7 Å². The number of hydrogen-bond acceptors (Lipinski definition) is 3. The van der Waals surface area contributed by atoms with Gasteiger partial charge in [0.25, 0.3) is 0 Å². The lowest BCUT2D eigenvalue weighted by atomic mass is 10.2. The van der Waals surface area contributed by atoms with Gasteiger partial charge in [-0.1, -0.05) is 12.2 Å². The van der Waals surface area contributed by atoms with Gasteiger partial charge in [0.2, 0.25) is 0 Å². The van der Waals surface area contributed by atoms with E-state index >= 15 is 0 Å². The summed E-state index contributed by atoms with van der Waals surface area (Å²) in [5.74, 6) is 0.453. The smallest absolute Gasteiger partial charge is 0.393 e. The molecule has 0 fully saturated rings. The van der Waals surface area contributed by atoms with Crippen LogP contribution in [0.1, 0.15) is 12.0 Å². The number of anilines is 1. The molecule has 2 N–H and O–H groups in total. The molecule has 0 amide bonds. The molecule has 1 heterocycles. The average Bonchev–Trinajstić information content (AvgIpc) is 2.25. The molecular formula is C10H12F3N3S. The Morgan fingerprint density at radius 3 is 2.53 bits per heavy atom. The summed E-state index contributed by atoms with van der Waals surface area (Å²) in [4.78, 5) is 5.80. The number of alkyl halides is 3. The molecule has 0 spiro atoms. The lowest BCUT2D eigenvalue weighted by Crippen LogP contribution is -2.24. The molecule has 17 heavy (non-hydrogen) atoms. The maximum atomic E-state index is 12.3. The number of hydrogen-bond donors (Lipinski definition) is 1. The summed E-state index contributed by atoms with van der Waals surface area (Å²) in [5, 5.41) is 0. The van der Waals surface area contributed by atoms with Crippen LogP contribution in [0, 0.1) is 0 Å². The molecular weight excluding hydrogens is 251 g/mol. The van der Waals surface area contributed by atoms with Crippen molar-refractivity contribution in [1.82, 2.24) is 4.98 Å². The fourth-order valence-corrected chi connectivity index (χ4v) is 1.26. The van der Waals surface area contributed by atoms with E-state index in [4.69, 9.17) is 18.0 Å². The Kier molecular flexibility index (Phi) is 4.28. The quantitative estimate of drug-likeness (QED) is 0.846. The molecule has 1 rings (SSSR count). The van der Waals surface area contributed by atoms with Crippen LogP contribution in [0.3, 0.4) is 0 Å². The molecule has 0 aromatic carbocycles. The summed E-state index contributed by atoms with van der Waals surface area (Å²) in [6.45, 7) is 0.522. The van der Waals surface area contributed by atoms with Gasteiger partial charge in [-0.25, -0.2) is 4.98 Å². The van der Waals surface area contributed by atoms with Gasteiger partial charge in [-0.05, 0) is 12.1 Å². The topological polar surface area (TPSA) is 42.1 Å². The molecule has 0 unspecified atom stereocenters. The molecule has 94 valence electrons. The van der Waals surface area contributed by atoms with E-state index in [1.54, 1.807) is 11.9 Å². The van der Waals surface area contributed by atoms with Crippen molar-refractivity contribution in [2.75, 3.05) is 18.5 Å². The SMILES string of the molecule is CN(CCC(N)=S)c1ccc(C(F)(F)F)cn1. The zero-order chi connectivity index (χ0) is 13.1. The molecule has 0 aliphatic heterocycles. The Bertz CT molecular complexity index is 389. The van der Waals surface area contributed by atoms with Crippen LogP contribution in [0.2, 0.25) is 0 Å². The molecule has 0 aliphatic rings. The molecule has 0 atom stereocenters. The third-order valence-corrected chi connectivity index (χ3v) is 2.36. The fraction of sp³-hybridized carbons (Fsp3) is 0.400. The zero-order valence-corrected chi connectivity index (χ0v) is 9.98. The summed E-state index contributed by atoms with van der Waals surface area (Å²) < 4.78 is 36.9. The molecule has 0 bridgehead atoms. The molecule has 7 heteroatoms. The predicted octanol–water partition coefficient (Wildman–Crippen LogP) is 2.21. The normalized spacial score (nSPS) is 11.3. The second-order valence-corrected chi connectivity index (χ2v) is 4.07. The summed E-state index contributed by atoms with van der Waals surface area (Å²) in [6.07, 6.45) is -3.05. The van der Waals surface area contributed by atoms with Crippen molar-refractivity contribution in [2.24, 2.45) is 5.73 Å². The number of pyridine rings is 1. The Hall–Kier alpha value is -1.37. The maximum absolute atomic E-state index is 12.3. The van der Waals surface area contributed by atoms with Gasteiger partial charge in [0.1, 0.15) is 5.82 Å².